The second-order valence-electron chi connectivity index (χ2n) is 4.63. The Morgan fingerprint density at radius 3 is 2.29 bits per heavy atom. The minimum Gasteiger partial charge on any atom is -0.494 e. The molecule has 0 aromatic heterocycles. The van der Waals surface area contributed by atoms with Gasteiger partial charge in [0, 0.05) is 0 Å². The van der Waals surface area contributed by atoms with Crippen molar-refractivity contribution in [2.45, 2.75) is 46.1 Å². The number of aliphatic hydroxyl groups is 1. The molecule has 2 heteroatoms. The standard InChI is InChI=1S/C15H24O2/c1-4-6-12(3)15(16)13-7-9-14(10-8-13)17-11-5-2/h7-10,12,15-16H,4-6,11H2,1-3H3. The topological polar surface area (TPSA) is 29.5 Å². The van der Waals surface area contributed by atoms with E-state index >= 15 is 0 Å². The third kappa shape index (κ3) is 4.39. The van der Waals surface area contributed by atoms with Gasteiger partial charge in [-0.05, 0) is 36.5 Å². The van der Waals surface area contributed by atoms with E-state index in [2.05, 4.69) is 20.8 Å². The minimum absolute atomic E-state index is 0.308. The SMILES string of the molecule is CCCOc1ccc(C(O)C(C)CCC)cc1. The van der Waals surface area contributed by atoms with E-state index in [0.29, 0.717) is 5.92 Å². The van der Waals surface area contributed by atoms with Crippen LogP contribution in [-0.2, 0) is 0 Å². The van der Waals surface area contributed by atoms with Crippen molar-refractivity contribution in [3.05, 3.63) is 29.8 Å². The van der Waals surface area contributed by atoms with Crippen LogP contribution >= 0.6 is 0 Å². The van der Waals surface area contributed by atoms with E-state index in [-0.39, 0.29) is 6.10 Å². The summed E-state index contributed by atoms with van der Waals surface area (Å²) in [7, 11) is 0. The zero-order valence-electron chi connectivity index (χ0n) is 11.1. The Bertz CT molecular complexity index is 305. The van der Waals surface area contributed by atoms with Crippen LogP contribution in [0.25, 0.3) is 0 Å². The van der Waals surface area contributed by atoms with Crippen LogP contribution in [0.5, 0.6) is 5.75 Å². The molecule has 2 nitrogen and oxygen atoms in total. The van der Waals surface area contributed by atoms with Crippen molar-refractivity contribution in [2.75, 3.05) is 6.61 Å². The molecule has 1 aromatic carbocycles. The molecule has 0 saturated carbocycles. The van der Waals surface area contributed by atoms with Gasteiger partial charge in [0.05, 0.1) is 12.7 Å². The van der Waals surface area contributed by atoms with Gasteiger partial charge in [0.2, 0.25) is 0 Å². The van der Waals surface area contributed by atoms with E-state index in [0.717, 1.165) is 37.2 Å². The fraction of sp³-hybridized carbons (Fsp3) is 0.600. The maximum absolute atomic E-state index is 10.1. The number of ether oxygens (including phenoxy) is 1. The summed E-state index contributed by atoms with van der Waals surface area (Å²) in [6.07, 6.45) is 2.80. The minimum atomic E-state index is -0.366. The maximum atomic E-state index is 10.1. The molecule has 96 valence electrons. The molecule has 0 aliphatic carbocycles. The van der Waals surface area contributed by atoms with Crippen LogP contribution in [0.15, 0.2) is 24.3 Å². The van der Waals surface area contributed by atoms with Crippen LogP contribution in [0.4, 0.5) is 0 Å². The normalized spacial score (nSPS) is 14.4. The lowest BCUT2D eigenvalue weighted by Gasteiger charge is -2.18. The summed E-state index contributed by atoms with van der Waals surface area (Å²) in [6, 6.07) is 7.80. The smallest absolute Gasteiger partial charge is 0.119 e. The molecule has 0 aliphatic heterocycles. The lowest BCUT2D eigenvalue weighted by molar-refractivity contribution is 0.112. The Kier molecular flexibility index (Phi) is 6.06. The van der Waals surface area contributed by atoms with E-state index in [1.807, 2.05) is 24.3 Å². The Balaban J connectivity index is 2.60. The van der Waals surface area contributed by atoms with Crippen LogP contribution in [0.1, 0.15) is 51.7 Å². The summed E-state index contributed by atoms with van der Waals surface area (Å²) >= 11 is 0. The van der Waals surface area contributed by atoms with Gasteiger partial charge in [-0.15, -0.1) is 0 Å². The van der Waals surface area contributed by atoms with Crippen molar-refractivity contribution < 1.29 is 9.84 Å². The average Bonchev–Trinajstić information content (AvgIpc) is 2.36. The fourth-order valence-electron chi connectivity index (χ4n) is 1.92. The Morgan fingerprint density at radius 1 is 1.12 bits per heavy atom. The number of rotatable bonds is 7. The molecule has 2 unspecified atom stereocenters. The zero-order chi connectivity index (χ0) is 12.7. The van der Waals surface area contributed by atoms with E-state index in [4.69, 9.17) is 4.74 Å². The van der Waals surface area contributed by atoms with Gasteiger partial charge in [0.15, 0.2) is 0 Å². The van der Waals surface area contributed by atoms with Gasteiger partial charge < -0.3 is 9.84 Å². The molecule has 1 aromatic rings. The average molecular weight is 236 g/mol. The van der Waals surface area contributed by atoms with Gasteiger partial charge in [-0.3, -0.25) is 0 Å². The summed E-state index contributed by atoms with van der Waals surface area (Å²) in [5.41, 5.74) is 0.981. The fourth-order valence-corrected chi connectivity index (χ4v) is 1.92. The van der Waals surface area contributed by atoms with Crippen molar-refractivity contribution in [1.29, 1.82) is 0 Å². The second-order valence-corrected chi connectivity index (χ2v) is 4.63. The maximum Gasteiger partial charge on any atom is 0.119 e. The van der Waals surface area contributed by atoms with Crippen molar-refractivity contribution in [2.24, 2.45) is 5.92 Å². The first-order valence-electron chi connectivity index (χ1n) is 6.59. The first-order valence-corrected chi connectivity index (χ1v) is 6.59. The van der Waals surface area contributed by atoms with Gasteiger partial charge in [0.1, 0.15) is 5.75 Å². The van der Waals surface area contributed by atoms with Gasteiger partial charge >= 0.3 is 0 Å². The van der Waals surface area contributed by atoms with Crippen molar-refractivity contribution in [3.8, 4) is 5.75 Å². The largest absolute Gasteiger partial charge is 0.494 e. The highest BCUT2D eigenvalue weighted by Crippen LogP contribution is 2.26. The molecule has 0 heterocycles. The van der Waals surface area contributed by atoms with Crippen LogP contribution in [0, 0.1) is 5.92 Å². The van der Waals surface area contributed by atoms with E-state index < -0.39 is 0 Å². The highest BCUT2D eigenvalue weighted by molar-refractivity contribution is 5.28. The zero-order valence-corrected chi connectivity index (χ0v) is 11.1. The molecular weight excluding hydrogens is 212 g/mol. The molecule has 0 saturated heterocycles. The lowest BCUT2D eigenvalue weighted by atomic mass is 9.94. The molecule has 17 heavy (non-hydrogen) atoms. The Morgan fingerprint density at radius 2 is 1.76 bits per heavy atom. The highest BCUT2D eigenvalue weighted by atomic mass is 16.5. The number of hydrogen-bond acceptors (Lipinski definition) is 2. The predicted octanol–water partition coefficient (Wildman–Crippen LogP) is 3.95. The molecule has 0 amide bonds. The van der Waals surface area contributed by atoms with Gasteiger partial charge in [0.25, 0.3) is 0 Å². The summed E-state index contributed by atoms with van der Waals surface area (Å²) in [5, 5.41) is 10.1. The molecule has 0 aliphatic rings. The van der Waals surface area contributed by atoms with E-state index in [1.54, 1.807) is 0 Å². The quantitative estimate of drug-likeness (QED) is 0.777. The van der Waals surface area contributed by atoms with E-state index in [9.17, 15) is 5.11 Å². The monoisotopic (exact) mass is 236 g/mol. The molecule has 1 N–H and O–H groups in total. The lowest BCUT2D eigenvalue weighted by Crippen LogP contribution is -2.08. The van der Waals surface area contributed by atoms with Crippen molar-refractivity contribution in [1.82, 2.24) is 0 Å². The number of aliphatic hydroxyl groups excluding tert-OH is 1. The van der Waals surface area contributed by atoms with Crippen LogP contribution < -0.4 is 4.74 Å². The van der Waals surface area contributed by atoms with Gasteiger partial charge in [-0.25, -0.2) is 0 Å². The molecule has 0 bridgehead atoms. The van der Waals surface area contributed by atoms with Crippen molar-refractivity contribution in [3.63, 3.8) is 0 Å². The third-order valence-corrected chi connectivity index (χ3v) is 2.98. The first-order chi connectivity index (χ1) is 8.19. The third-order valence-electron chi connectivity index (χ3n) is 2.98. The highest BCUT2D eigenvalue weighted by Gasteiger charge is 2.15. The second kappa shape index (κ2) is 7.33. The van der Waals surface area contributed by atoms with Crippen LogP contribution in [-0.4, -0.2) is 11.7 Å². The molecule has 2 atom stereocenters. The van der Waals surface area contributed by atoms with Crippen LogP contribution in [0.3, 0.4) is 0 Å². The van der Waals surface area contributed by atoms with Gasteiger partial charge in [-0.1, -0.05) is 39.3 Å². The Hall–Kier alpha value is -1.02. The van der Waals surface area contributed by atoms with E-state index in [1.165, 1.54) is 0 Å². The summed E-state index contributed by atoms with van der Waals surface area (Å²) in [6.45, 7) is 7.07. The first kappa shape index (κ1) is 14.0. The molecule has 0 radical (unpaired) electrons. The summed E-state index contributed by atoms with van der Waals surface area (Å²) < 4.78 is 5.52. The van der Waals surface area contributed by atoms with Crippen molar-refractivity contribution >= 4 is 0 Å². The predicted molar refractivity (Wildman–Crippen MR) is 71.3 cm³/mol. The number of hydrogen-bond donors (Lipinski definition) is 1. The van der Waals surface area contributed by atoms with Crippen LogP contribution in [0.2, 0.25) is 0 Å². The van der Waals surface area contributed by atoms with Gasteiger partial charge in [-0.2, -0.15) is 0 Å². The molecular formula is C15H24O2. The Labute approximate surface area is 105 Å². The summed E-state index contributed by atoms with van der Waals surface area (Å²) in [4.78, 5) is 0. The summed E-state index contributed by atoms with van der Waals surface area (Å²) in [5.74, 6) is 1.19. The number of benzene rings is 1. The molecule has 0 spiro atoms. The molecule has 0 fully saturated rings. The molecule has 1 rings (SSSR count).